The van der Waals surface area contributed by atoms with E-state index in [1.807, 2.05) is 36.9 Å². The summed E-state index contributed by atoms with van der Waals surface area (Å²) in [6, 6.07) is 5.92. The molecule has 0 aliphatic carbocycles. The minimum atomic E-state index is 0.436. The normalized spacial score (nSPS) is 20.4. The maximum atomic E-state index is 9.89. The monoisotopic (exact) mass is 269 g/mol. The second kappa shape index (κ2) is 6.57. The number of hydrogen-bond acceptors (Lipinski definition) is 4. The predicted molar refractivity (Wildman–Crippen MR) is 78.1 cm³/mol. The average Bonchev–Trinajstić information content (AvgIpc) is 2.36. The number of benzene rings is 1. The number of aryl methyl sites for hydroxylation is 1. The number of rotatable bonds is 4. The third kappa shape index (κ3) is 3.83. The standard InChI is InChI=1S/C13H19NOS2/c1-10-3-2-4-11(13(10)15)7-14-8-12-9-16-5-6-17-12/h2-4,12,14-15H,5-9H2,1H3. The van der Waals surface area contributed by atoms with E-state index in [2.05, 4.69) is 17.1 Å². The first-order valence-corrected chi connectivity index (χ1v) is 8.15. The zero-order valence-corrected chi connectivity index (χ0v) is 11.7. The fourth-order valence-electron chi connectivity index (χ4n) is 1.88. The van der Waals surface area contributed by atoms with Gasteiger partial charge in [0.1, 0.15) is 5.75 Å². The maximum Gasteiger partial charge on any atom is 0.122 e. The van der Waals surface area contributed by atoms with Gasteiger partial charge in [0.05, 0.1) is 0 Å². The van der Waals surface area contributed by atoms with Crippen LogP contribution in [0, 0.1) is 6.92 Å². The van der Waals surface area contributed by atoms with Crippen molar-refractivity contribution in [2.45, 2.75) is 18.7 Å². The van der Waals surface area contributed by atoms with E-state index in [4.69, 9.17) is 0 Å². The summed E-state index contributed by atoms with van der Waals surface area (Å²) in [6.45, 7) is 3.73. The van der Waals surface area contributed by atoms with E-state index in [0.29, 0.717) is 5.75 Å². The molecule has 94 valence electrons. The Morgan fingerprint density at radius 2 is 2.29 bits per heavy atom. The second-order valence-corrected chi connectivity index (χ2v) is 6.84. The van der Waals surface area contributed by atoms with E-state index in [9.17, 15) is 5.11 Å². The Labute approximate surface area is 112 Å². The number of aromatic hydroxyl groups is 1. The van der Waals surface area contributed by atoms with Crippen molar-refractivity contribution in [1.82, 2.24) is 5.32 Å². The molecule has 0 radical (unpaired) electrons. The number of phenolic OH excluding ortho intramolecular Hbond substituents is 1. The molecule has 1 heterocycles. The van der Waals surface area contributed by atoms with Crippen molar-refractivity contribution in [3.05, 3.63) is 29.3 Å². The van der Waals surface area contributed by atoms with Crippen molar-refractivity contribution in [3.8, 4) is 5.75 Å². The highest BCUT2D eigenvalue weighted by atomic mass is 32.2. The molecule has 2 nitrogen and oxygen atoms in total. The molecule has 1 saturated heterocycles. The fraction of sp³-hybridized carbons (Fsp3) is 0.538. The fourth-order valence-corrected chi connectivity index (χ4v) is 4.53. The molecule has 0 spiro atoms. The Kier molecular flexibility index (Phi) is 5.07. The van der Waals surface area contributed by atoms with Gasteiger partial charge in [-0.3, -0.25) is 0 Å². The molecule has 0 aromatic heterocycles. The van der Waals surface area contributed by atoms with Gasteiger partial charge >= 0.3 is 0 Å². The molecule has 0 saturated carbocycles. The highest BCUT2D eigenvalue weighted by Gasteiger charge is 2.13. The summed E-state index contributed by atoms with van der Waals surface area (Å²) < 4.78 is 0. The van der Waals surface area contributed by atoms with Crippen LogP contribution in [-0.4, -0.2) is 34.2 Å². The lowest BCUT2D eigenvalue weighted by molar-refractivity contribution is 0.460. The molecule has 4 heteroatoms. The quantitative estimate of drug-likeness (QED) is 0.880. The van der Waals surface area contributed by atoms with Gasteiger partial charge < -0.3 is 10.4 Å². The molecule has 1 aliphatic rings. The number of nitrogens with one attached hydrogen (secondary N) is 1. The van der Waals surface area contributed by atoms with Crippen LogP contribution in [0.3, 0.4) is 0 Å². The Morgan fingerprint density at radius 1 is 1.41 bits per heavy atom. The topological polar surface area (TPSA) is 32.3 Å². The van der Waals surface area contributed by atoms with Crippen molar-refractivity contribution in [3.63, 3.8) is 0 Å². The van der Waals surface area contributed by atoms with Crippen LogP contribution in [0.5, 0.6) is 5.75 Å². The first kappa shape index (κ1) is 13.1. The van der Waals surface area contributed by atoms with Crippen LogP contribution in [-0.2, 0) is 6.54 Å². The van der Waals surface area contributed by atoms with Crippen molar-refractivity contribution >= 4 is 23.5 Å². The minimum Gasteiger partial charge on any atom is -0.507 e. The second-order valence-electron chi connectivity index (χ2n) is 4.28. The smallest absolute Gasteiger partial charge is 0.122 e. The van der Waals surface area contributed by atoms with Crippen LogP contribution < -0.4 is 5.32 Å². The van der Waals surface area contributed by atoms with E-state index >= 15 is 0 Å². The molecule has 1 aromatic rings. The highest BCUT2D eigenvalue weighted by Crippen LogP contribution is 2.24. The molecule has 2 N–H and O–H groups in total. The summed E-state index contributed by atoms with van der Waals surface area (Å²) in [5, 5.41) is 14.1. The summed E-state index contributed by atoms with van der Waals surface area (Å²) in [6.07, 6.45) is 0. The van der Waals surface area contributed by atoms with Crippen molar-refractivity contribution in [2.75, 3.05) is 23.8 Å². The zero-order chi connectivity index (χ0) is 12.1. The van der Waals surface area contributed by atoms with Gasteiger partial charge in [-0.2, -0.15) is 23.5 Å². The molecule has 1 aromatic carbocycles. The Bertz CT molecular complexity index is 364. The zero-order valence-electron chi connectivity index (χ0n) is 10.1. The van der Waals surface area contributed by atoms with Gasteiger partial charge in [0.15, 0.2) is 0 Å². The molecule has 1 atom stereocenters. The summed E-state index contributed by atoms with van der Waals surface area (Å²) in [7, 11) is 0. The Hall–Kier alpha value is -0.320. The van der Waals surface area contributed by atoms with E-state index < -0.39 is 0 Å². The van der Waals surface area contributed by atoms with Crippen LogP contribution >= 0.6 is 23.5 Å². The molecule has 1 fully saturated rings. The van der Waals surface area contributed by atoms with Gasteiger partial charge in [-0.05, 0) is 12.5 Å². The van der Waals surface area contributed by atoms with E-state index in [-0.39, 0.29) is 0 Å². The first-order valence-electron chi connectivity index (χ1n) is 5.95. The van der Waals surface area contributed by atoms with Crippen LogP contribution in [0.4, 0.5) is 0 Å². The molecular weight excluding hydrogens is 250 g/mol. The number of hydrogen-bond donors (Lipinski definition) is 2. The van der Waals surface area contributed by atoms with Crippen molar-refractivity contribution < 1.29 is 5.11 Å². The number of thioether (sulfide) groups is 2. The van der Waals surface area contributed by atoms with Gasteiger partial charge in [0, 0.05) is 41.2 Å². The van der Waals surface area contributed by atoms with Gasteiger partial charge in [-0.1, -0.05) is 18.2 Å². The predicted octanol–water partition coefficient (Wildman–Crippen LogP) is 2.64. The molecule has 1 unspecified atom stereocenters. The minimum absolute atomic E-state index is 0.436. The van der Waals surface area contributed by atoms with Gasteiger partial charge in [-0.25, -0.2) is 0 Å². The number of phenols is 1. The SMILES string of the molecule is Cc1cccc(CNCC2CSCCS2)c1O. The first-order chi connectivity index (χ1) is 8.27. The molecule has 2 rings (SSSR count). The molecule has 0 amide bonds. The lowest BCUT2D eigenvalue weighted by atomic mass is 10.1. The van der Waals surface area contributed by atoms with E-state index in [1.54, 1.807) is 0 Å². The third-order valence-corrected chi connectivity index (χ3v) is 5.74. The molecule has 1 aliphatic heterocycles. The Morgan fingerprint density at radius 3 is 3.06 bits per heavy atom. The van der Waals surface area contributed by atoms with Crippen LogP contribution in [0.15, 0.2) is 18.2 Å². The van der Waals surface area contributed by atoms with E-state index in [0.717, 1.165) is 29.5 Å². The third-order valence-electron chi connectivity index (χ3n) is 2.89. The summed E-state index contributed by atoms with van der Waals surface area (Å²) in [5.41, 5.74) is 1.95. The average molecular weight is 269 g/mol. The van der Waals surface area contributed by atoms with Gasteiger partial charge in [0.25, 0.3) is 0 Å². The Balaban J connectivity index is 1.79. The maximum absolute atomic E-state index is 9.89. The molecule has 0 bridgehead atoms. The summed E-state index contributed by atoms with van der Waals surface area (Å²) in [4.78, 5) is 0. The molecular formula is C13H19NOS2. The van der Waals surface area contributed by atoms with Crippen LogP contribution in [0.25, 0.3) is 0 Å². The lowest BCUT2D eigenvalue weighted by Crippen LogP contribution is -2.28. The van der Waals surface area contributed by atoms with Crippen LogP contribution in [0.1, 0.15) is 11.1 Å². The largest absolute Gasteiger partial charge is 0.507 e. The van der Waals surface area contributed by atoms with Crippen LogP contribution in [0.2, 0.25) is 0 Å². The number of para-hydroxylation sites is 1. The summed E-state index contributed by atoms with van der Waals surface area (Å²) >= 11 is 4.10. The van der Waals surface area contributed by atoms with E-state index in [1.165, 1.54) is 17.3 Å². The van der Waals surface area contributed by atoms with Gasteiger partial charge in [-0.15, -0.1) is 0 Å². The molecule has 17 heavy (non-hydrogen) atoms. The highest BCUT2D eigenvalue weighted by molar-refractivity contribution is 8.06. The van der Waals surface area contributed by atoms with Gasteiger partial charge in [0.2, 0.25) is 0 Å². The van der Waals surface area contributed by atoms with Crippen molar-refractivity contribution in [2.24, 2.45) is 0 Å². The lowest BCUT2D eigenvalue weighted by Gasteiger charge is -2.21. The van der Waals surface area contributed by atoms with Crippen molar-refractivity contribution in [1.29, 1.82) is 0 Å². The summed E-state index contributed by atoms with van der Waals surface area (Å²) in [5.74, 6) is 4.25.